The van der Waals surface area contributed by atoms with Crippen molar-refractivity contribution in [2.24, 2.45) is 0 Å². The van der Waals surface area contributed by atoms with Crippen molar-refractivity contribution in [1.29, 1.82) is 0 Å². The summed E-state index contributed by atoms with van der Waals surface area (Å²) in [5.74, 6) is 1.09. The highest BCUT2D eigenvalue weighted by Gasteiger charge is 2.30. The van der Waals surface area contributed by atoms with Gasteiger partial charge in [-0.05, 0) is 54.1 Å². The van der Waals surface area contributed by atoms with Crippen LogP contribution in [-0.2, 0) is 16.4 Å². The molecule has 0 N–H and O–H groups in total. The summed E-state index contributed by atoms with van der Waals surface area (Å²) in [6.45, 7) is 0.459. The van der Waals surface area contributed by atoms with Crippen molar-refractivity contribution in [3.8, 4) is 17.2 Å². The minimum atomic E-state index is -3.92. The van der Waals surface area contributed by atoms with Gasteiger partial charge in [-0.3, -0.25) is 0 Å². The van der Waals surface area contributed by atoms with E-state index in [9.17, 15) is 8.42 Å². The zero-order valence-corrected chi connectivity index (χ0v) is 19.9. The maximum Gasteiger partial charge on any atom is 0.236 e. The lowest BCUT2D eigenvalue weighted by molar-refractivity contribution is 0.415. The first kappa shape index (κ1) is 22.1. The van der Waals surface area contributed by atoms with Crippen molar-refractivity contribution in [2.45, 2.75) is 16.5 Å². The second kappa shape index (κ2) is 9.18. The van der Waals surface area contributed by atoms with Crippen LogP contribution >= 0.6 is 15.9 Å². The molecule has 3 aromatic carbocycles. The van der Waals surface area contributed by atoms with Gasteiger partial charge in [0, 0.05) is 23.6 Å². The highest BCUT2D eigenvalue weighted by molar-refractivity contribution is 9.10. The second-order valence-corrected chi connectivity index (χ2v) is 9.94. The molecule has 0 amide bonds. The molecule has 0 saturated heterocycles. The number of aromatic nitrogens is 1. The van der Waals surface area contributed by atoms with Gasteiger partial charge in [-0.1, -0.05) is 46.3 Å². The summed E-state index contributed by atoms with van der Waals surface area (Å²) in [5, 5.41) is -0.121. The number of benzene rings is 3. The van der Waals surface area contributed by atoms with E-state index in [0.717, 1.165) is 10.0 Å². The fourth-order valence-corrected chi connectivity index (χ4v) is 4.84. The SMILES string of the molecule is COc1ccc(-c2nc(S(=O)(=O)c3ccc(Br)cc3)c(N(C)Cc3ccccc3)o2)cc1. The molecule has 8 heteroatoms. The molecule has 1 heterocycles. The third-order valence-corrected chi connectivity index (χ3v) is 7.10. The molecular formula is C24H21BrN2O4S. The number of ether oxygens (including phenoxy) is 1. The van der Waals surface area contributed by atoms with E-state index in [2.05, 4.69) is 20.9 Å². The van der Waals surface area contributed by atoms with E-state index in [1.54, 1.807) is 67.6 Å². The van der Waals surface area contributed by atoms with Crippen LogP contribution in [0.5, 0.6) is 5.75 Å². The van der Waals surface area contributed by atoms with Crippen LogP contribution in [0.3, 0.4) is 0 Å². The zero-order valence-electron chi connectivity index (χ0n) is 17.5. The fourth-order valence-electron chi connectivity index (χ4n) is 3.23. The Kier molecular flexibility index (Phi) is 6.34. The molecule has 0 aliphatic heterocycles. The Hall–Kier alpha value is -3.10. The summed E-state index contributed by atoms with van der Waals surface area (Å²) in [6, 6.07) is 23.3. The summed E-state index contributed by atoms with van der Waals surface area (Å²) < 4.78 is 39.0. The van der Waals surface area contributed by atoms with Gasteiger partial charge in [0.1, 0.15) is 5.75 Å². The molecule has 0 atom stereocenters. The first-order valence-corrected chi connectivity index (χ1v) is 12.1. The molecule has 0 aliphatic carbocycles. The number of methoxy groups -OCH3 is 1. The molecule has 4 aromatic rings. The molecule has 1 aromatic heterocycles. The molecule has 4 rings (SSSR count). The molecule has 0 saturated carbocycles. The van der Waals surface area contributed by atoms with Gasteiger partial charge in [-0.25, -0.2) is 8.42 Å². The van der Waals surface area contributed by atoms with Crippen LogP contribution in [0.1, 0.15) is 5.56 Å². The molecule has 32 heavy (non-hydrogen) atoms. The lowest BCUT2D eigenvalue weighted by Gasteiger charge is -2.17. The maximum absolute atomic E-state index is 13.5. The molecule has 0 aliphatic rings. The number of oxazole rings is 1. The van der Waals surface area contributed by atoms with Crippen LogP contribution in [0, 0.1) is 0 Å². The lowest BCUT2D eigenvalue weighted by Crippen LogP contribution is -2.18. The Morgan fingerprint density at radius 3 is 2.25 bits per heavy atom. The van der Waals surface area contributed by atoms with Crippen LogP contribution in [0.15, 0.2) is 97.7 Å². The van der Waals surface area contributed by atoms with E-state index in [0.29, 0.717) is 17.9 Å². The van der Waals surface area contributed by atoms with E-state index in [4.69, 9.17) is 9.15 Å². The lowest BCUT2D eigenvalue weighted by atomic mass is 10.2. The van der Waals surface area contributed by atoms with Crippen LogP contribution in [0.25, 0.3) is 11.5 Å². The summed E-state index contributed by atoms with van der Waals surface area (Å²) in [6.07, 6.45) is 0. The van der Waals surface area contributed by atoms with Gasteiger partial charge in [0.15, 0.2) is 0 Å². The van der Waals surface area contributed by atoms with Gasteiger partial charge >= 0.3 is 0 Å². The van der Waals surface area contributed by atoms with Gasteiger partial charge in [-0.15, -0.1) is 0 Å². The Bertz CT molecular complexity index is 1300. The van der Waals surface area contributed by atoms with E-state index in [-0.39, 0.29) is 21.7 Å². The summed E-state index contributed by atoms with van der Waals surface area (Å²) in [4.78, 5) is 6.31. The standard InChI is InChI=1S/C24H21BrN2O4S/c1-27(16-17-6-4-3-5-7-17)24-23(32(28,29)21-14-10-19(25)11-15-21)26-22(31-24)18-8-12-20(30-2)13-9-18/h3-15H,16H2,1-2H3. The molecule has 164 valence electrons. The Labute approximate surface area is 195 Å². The average molecular weight is 513 g/mol. The predicted octanol–water partition coefficient (Wildman–Crippen LogP) is 5.58. The highest BCUT2D eigenvalue weighted by atomic mass is 79.9. The van der Waals surface area contributed by atoms with Gasteiger partial charge < -0.3 is 14.1 Å². The molecule has 0 fully saturated rings. The third kappa shape index (κ3) is 4.56. The summed E-state index contributed by atoms with van der Waals surface area (Å²) in [7, 11) is -0.549. The Balaban J connectivity index is 1.80. The minimum Gasteiger partial charge on any atom is -0.497 e. The van der Waals surface area contributed by atoms with Gasteiger partial charge in [0.2, 0.25) is 26.6 Å². The molecule has 0 spiro atoms. The van der Waals surface area contributed by atoms with Crippen LogP contribution in [0.2, 0.25) is 0 Å². The Morgan fingerprint density at radius 1 is 0.969 bits per heavy atom. The van der Waals surface area contributed by atoms with Crippen LogP contribution in [-0.4, -0.2) is 27.6 Å². The first-order valence-electron chi connectivity index (χ1n) is 9.79. The predicted molar refractivity (Wildman–Crippen MR) is 127 cm³/mol. The average Bonchev–Trinajstić information content (AvgIpc) is 3.27. The van der Waals surface area contributed by atoms with Gasteiger partial charge in [0.05, 0.1) is 12.0 Å². The molecule has 6 nitrogen and oxygen atoms in total. The molecule has 0 unspecified atom stereocenters. The topological polar surface area (TPSA) is 72.6 Å². The van der Waals surface area contributed by atoms with Crippen molar-refractivity contribution in [3.63, 3.8) is 0 Å². The normalized spacial score (nSPS) is 11.3. The van der Waals surface area contributed by atoms with E-state index >= 15 is 0 Å². The molecular weight excluding hydrogens is 492 g/mol. The monoisotopic (exact) mass is 512 g/mol. The van der Waals surface area contributed by atoms with Crippen molar-refractivity contribution in [3.05, 3.63) is 88.9 Å². The fraction of sp³-hybridized carbons (Fsp3) is 0.125. The molecule has 0 radical (unpaired) electrons. The number of hydrogen-bond acceptors (Lipinski definition) is 6. The maximum atomic E-state index is 13.5. The van der Waals surface area contributed by atoms with E-state index < -0.39 is 9.84 Å². The minimum absolute atomic E-state index is 0.121. The number of halogens is 1. The first-order chi connectivity index (χ1) is 15.4. The van der Waals surface area contributed by atoms with Crippen LogP contribution in [0.4, 0.5) is 5.88 Å². The largest absolute Gasteiger partial charge is 0.497 e. The van der Waals surface area contributed by atoms with Crippen molar-refractivity contribution < 1.29 is 17.6 Å². The van der Waals surface area contributed by atoms with Crippen molar-refractivity contribution in [1.82, 2.24) is 4.98 Å². The number of nitrogens with zero attached hydrogens (tertiary/aromatic N) is 2. The van der Waals surface area contributed by atoms with Crippen LogP contribution < -0.4 is 9.64 Å². The number of sulfone groups is 1. The number of rotatable bonds is 7. The number of anilines is 1. The number of hydrogen-bond donors (Lipinski definition) is 0. The summed E-state index contributed by atoms with van der Waals surface area (Å²) >= 11 is 3.34. The summed E-state index contributed by atoms with van der Waals surface area (Å²) in [5.41, 5.74) is 1.67. The van der Waals surface area contributed by atoms with Crippen molar-refractivity contribution in [2.75, 3.05) is 19.1 Å². The zero-order chi connectivity index (χ0) is 22.7. The quantitative estimate of drug-likeness (QED) is 0.321. The smallest absolute Gasteiger partial charge is 0.236 e. The van der Waals surface area contributed by atoms with Gasteiger partial charge in [-0.2, -0.15) is 4.98 Å². The third-order valence-electron chi connectivity index (χ3n) is 4.90. The van der Waals surface area contributed by atoms with Gasteiger partial charge in [0.25, 0.3) is 0 Å². The van der Waals surface area contributed by atoms with E-state index in [1.807, 2.05) is 30.3 Å². The Morgan fingerprint density at radius 2 is 1.62 bits per heavy atom. The highest BCUT2D eigenvalue weighted by Crippen LogP contribution is 2.35. The van der Waals surface area contributed by atoms with Crippen molar-refractivity contribution >= 4 is 31.7 Å². The second-order valence-electron chi connectivity index (χ2n) is 7.16. The molecule has 0 bridgehead atoms. The van der Waals surface area contributed by atoms with E-state index in [1.165, 1.54) is 0 Å².